The van der Waals surface area contributed by atoms with Crippen molar-refractivity contribution in [2.24, 2.45) is 0 Å². The Kier molecular flexibility index (Phi) is 6.93. The van der Waals surface area contributed by atoms with Crippen molar-refractivity contribution in [3.8, 4) is 11.4 Å². The first kappa shape index (κ1) is 19.0. The Morgan fingerprint density at radius 2 is 1.93 bits per heavy atom. The van der Waals surface area contributed by atoms with Crippen LogP contribution < -0.4 is 10.1 Å². The molecule has 0 fully saturated rings. The summed E-state index contributed by atoms with van der Waals surface area (Å²) in [4.78, 5) is 13.1. The van der Waals surface area contributed by atoms with E-state index in [1.165, 1.54) is 5.56 Å². The summed E-state index contributed by atoms with van der Waals surface area (Å²) in [6, 6.07) is 18.0. The normalized spacial score (nSPS) is 10.6. The molecule has 6 heteroatoms. The predicted molar refractivity (Wildman–Crippen MR) is 109 cm³/mol. The predicted octanol–water partition coefficient (Wildman–Crippen LogP) is 3.72. The maximum Gasteiger partial charge on any atom is 0.220 e. The van der Waals surface area contributed by atoms with Gasteiger partial charge in [-0.2, -0.15) is 5.10 Å². The molecule has 0 radical (unpaired) electrons. The van der Waals surface area contributed by atoms with Crippen molar-refractivity contribution < 1.29 is 9.53 Å². The first-order valence-electron chi connectivity index (χ1n) is 8.87. The quantitative estimate of drug-likeness (QED) is 0.574. The highest BCUT2D eigenvalue weighted by Gasteiger charge is 2.03. The van der Waals surface area contributed by atoms with Crippen LogP contribution in [-0.2, 0) is 11.2 Å². The lowest BCUT2D eigenvalue weighted by Crippen LogP contribution is -2.25. The second-order valence-electron chi connectivity index (χ2n) is 5.99. The van der Waals surface area contributed by atoms with Gasteiger partial charge in [-0.15, -0.1) is 11.8 Å². The minimum Gasteiger partial charge on any atom is -0.497 e. The van der Waals surface area contributed by atoms with Crippen LogP contribution in [0.25, 0.3) is 5.69 Å². The van der Waals surface area contributed by atoms with Crippen LogP contribution in [0.5, 0.6) is 5.75 Å². The van der Waals surface area contributed by atoms with Crippen LogP contribution in [-0.4, -0.2) is 35.1 Å². The molecule has 1 aromatic heterocycles. The van der Waals surface area contributed by atoms with E-state index in [1.807, 2.05) is 53.3 Å². The van der Waals surface area contributed by atoms with Gasteiger partial charge in [0.05, 0.1) is 12.8 Å². The molecule has 0 bridgehead atoms. The van der Waals surface area contributed by atoms with Crippen molar-refractivity contribution >= 4 is 17.7 Å². The summed E-state index contributed by atoms with van der Waals surface area (Å²) in [5.41, 5.74) is 2.22. The van der Waals surface area contributed by atoms with Gasteiger partial charge in [0.15, 0.2) is 0 Å². The third-order valence-corrected chi connectivity index (χ3v) is 5.11. The zero-order valence-electron chi connectivity index (χ0n) is 15.3. The summed E-state index contributed by atoms with van der Waals surface area (Å²) >= 11 is 1.67. The second kappa shape index (κ2) is 9.83. The van der Waals surface area contributed by atoms with Crippen LogP contribution in [0.3, 0.4) is 0 Å². The number of amides is 1. The smallest absolute Gasteiger partial charge is 0.220 e. The highest BCUT2D eigenvalue weighted by molar-refractivity contribution is 7.99. The molecule has 1 amide bonds. The van der Waals surface area contributed by atoms with Gasteiger partial charge in [0.2, 0.25) is 5.91 Å². The first-order chi connectivity index (χ1) is 13.2. The molecule has 0 unspecified atom stereocenters. The number of ether oxygens (including phenoxy) is 1. The van der Waals surface area contributed by atoms with Crippen molar-refractivity contribution in [2.75, 3.05) is 19.4 Å². The third-order valence-electron chi connectivity index (χ3n) is 4.10. The molecule has 0 atom stereocenters. The number of nitrogens with zero attached hydrogens (tertiary/aromatic N) is 2. The van der Waals surface area contributed by atoms with Crippen molar-refractivity contribution in [3.63, 3.8) is 0 Å². The number of aromatic nitrogens is 2. The first-order valence-corrected chi connectivity index (χ1v) is 9.85. The van der Waals surface area contributed by atoms with E-state index in [2.05, 4.69) is 22.5 Å². The number of carbonyl (C=O) groups excluding carboxylic acids is 1. The molecule has 5 nitrogen and oxygen atoms in total. The molecule has 27 heavy (non-hydrogen) atoms. The standard InChI is InChI=1S/C21H23N3O2S/c1-26-19-7-9-20(10-8-19)27-16-12-21(25)22-14-11-17-3-5-18(6-4-17)24-15-2-13-23-24/h2-10,13,15H,11-12,14,16H2,1H3,(H,22,25). The average molecular weight is 382 g/mol. The fourth-order valence-electron chi connectivity index (χ4n) is 2.61. The van der Waals surface area contributed by atoms with Gasteiger partial charge in [-0.1, -0.05) is 12.1 Å². The number of carbonyl (C=O) groups is 1. The van der Waals surface area contributed by atoms with Crippen LogP contribution in [0.2, 0.25) is 0 Å². The molecule has 140 valence electrons. The number of thioether (sulfide) groups is 1. The van der Waals surface area contributed by atoms with Crippen molar-refractivity contribution in [3.05, 3.63) is 72.6 Å². The lowest BCUT2D eigenvalue weighted by atomic mass is 10.1. The zero-order valence-corrected chi connectivity index (χ0v) is 16.1. The van der Waals surface area contributed by atoms with Gasteiger partial charge in [-0.25, -0.2) is 4.68 Å². The van der Waals surface area contributed by atoms with E-state index in [4.69, 9.17) is 4.74 Å². The topological polar surface area (TPSA) is 56.1 Å². The summed E-state index contributed by atoms with van der Waals surface area (Å²) in [7, 11) is 1.65. The molecule has 0 aliphatic heterocycles. The monoisotopic (exact) mass is 381 g/mol. The van der Waals surface area contributed by atoms with Gasteiger partial charge < -0.3 is 10.1 Å². The summed E-state index contributed by atoms with van der Waals surface area (Å²) < 4.78 is 6.97. The maximum atomic E-state index is 12.0. The Balaban J connectivity index is 1.34. The molecule has 1 N–H and O–H groups in total. The fraction of sp³-hybridized carbons (Fsp3) is 0.238. The van der Waals surface area contributed by atoms with E-state index < -0.39 is 0 Å². The molecular weight excluding hydrogens is 358 g/mol. The molecule has 3 rings (SSSR count). The Morgan fingerprint density at radius 3 is 2.59 bits per heavy atom. The number of hydrogen-bond acceptors (Lipinski definition) is 4. The Morgan fingerprint density at radius 1 is 1.15 bits per heavy atom. The average Bonchev–Trinajstić information content (AvgIpc) is 3.24. The van der Waals surface area contributed by atoms with E-state index in [0.717, 1.165) is 28.5 Å². The summed E-state index contributed by atoms with van der Waals surface area (Å²) in [6.07, 6.45) is 5.00. The molecule has 0 spiro atoms. The summed E-state index contributed by atoms with van der Waals surface area (Å²) in [6.45, 7) is 0.646. The molecule has 0 aliphatic rings. The molecule has 0 saturated carbocycles. The van der Waals surface area contributed by atoms with Crippen LogP contribution >= 0.6 is 11.8 Å². The van der Waals surface area contributed by atoms with E-state index in [1.54, 1.807) is 25.1 Å². The number of hydrogen-bond donors (Lipinski definition) is 1. The number of methoxy groups -OCH3 is 1. The largest absolute Gasteiger partial charge is 0.497 e. The molecule has 1 heterocycles. The molecular formula is C21H23N3O2S. The van der Waals surface area contributed by atoms with Gasteiger partial charge in [0, 0.05) is 36.0 Å². The van der Waals surface area contributed by atoms with Crippen LogP contribution in [0.1, 0.15) is 12.0 Å². The van der Waals surface area contributed by atoms with Crippen LogP contribution in [0.15, 0.2) is 71.9 Å². The minimum absolute atomic E-state index is 0.0872. The van der Waals surface area contributed by atoms with Crippen molar-refractivity contribution in [1.82, 2.24) is 15.1 Å². The minimum atomic E-state index is 0.0872. The van der Waals surface area contributed by atoms with Gasteiger partial charge in [-0.3, -0.25) is 4.79 Å². The zero-order chi connectivity index (χ0) is 18.9. The number of benzene rings is 2. The van der Waals surface area contributed by atoms with Crippen molar-refractivity contribution in [1.29, 1.82) is 0 Å². The van der Waals surface area contributed by atoms with E-state index in [-0.39, 0.29) is 5.91 Å². The van der Waals surface area contributed by atoms with Crippen molar-refractivity contribution in [2.45, 2.75) is 17.7 Å². The van der Waals surface area contributed by atoms with Crippen LogP contribution in [0, 0.1) is 0 Å². The number of nitrogens with one attached hydrogen (secondary N) is 1. The highest BCUT2D eigenvalue weighted by atomic mass is 32.2. The van der Waals surface area contributed by atoms with Gasteiger partial charge in [-0.05, 0) is 54.4 Å². The van der Waals surface area contributed by atoms with Gasteiger partial charge >= 0.3 is 0 Å². The highest BCUT2D eigenvalue weighted by Crippen LogP contribution is 2.21. The number of rotatable bonds is 9. The molecule has 0 aliphatic carbocycles. The Hall–Kier alpha value is -2.73. The SMILES string of the molecule is COc1ccc(SCCC(=O)NCCc2ccc(-n3cccn3)cc2)cc1. The summed E-state index contributed by atoms with van der Waals surface area (Å²) in [5, 5.41) is 7.20. The lowest BCUT2D eigenvalue weighted by molar-refractivity contribution is -0.120. The molecule has 0 saturated heterocycles. The Labute approximate surface area is 163 Å². The van der Waals surface area contributed by atoms with Gasteiger partial charge in [0.1, 0.15) is 5.75 Å². The molecule has 2 aromatic carbocycles. The van der Waals surface area contributed by atoms with E-state index in [0.29, 0.717) is 13.0 Å². The second-order valence-corrected chi connectivity index (χ2v) is 7.16. The third kappa shape index (κ3) is 5.89. The fourth-order valence-corrected chi connectivity index (χ4v) is 3.46. The van der Waals surface area contributed by atoms with Crippen LogP contribution in [0.4, 0.5) is 0 Å². The van der Waals surface area contributed by atoms with E-state index >= 15 is 0 Å². The lowest BCUT2D eigenvalue weighted by Gasteiger charge is -2.07. The van der Waals surface area contributed by atoms with E-state index in [9.17, 15) is 4.79 Å². The maximum absolute atomic E-state index is 12.0. The Bertz CT molecular complexity index is 831. The molecule has 3 aromatic rings. The summed E-state index contributed by atoms with van der Waals surface area (Å²) in [5.74, 6) is 1.69. The van der Waals surface area contributed by atoms with Gasteiger partial charge in [0.25, 0.3) is 0 Å².